The number of hydrogen-bond donors (Lipinski definition) is 1. The van der Waals surface area contributed by atoms with E-state index in [1.54, 1.807) is 17.9 Å². The lowest BCUT2D eigenvalue weighted by Gasteiger charge is -2.32. The van der Waals surface area contributed by atoms with Crippen LogP contribution in [0.25, 0.3) is 0 Å². The number of halogens is 3. The van der Waals surface area contributed by atoms with Gasteiger partial charge < -0.3 is 15.0 Å². The van der Waals surface area contributed by atoms with Crippen LogP contribution in [0.4, 0.5) is 13.2 Å². The Bertz CT molecular complexity index is 642. The summed E-state index contributed by atoms with van der Waals surface area (Å²) in [6.07, 6.45) is -2.43. The molecule has 1 aromatic carbocycles. The molecule has 0 bridgehead atoms. The van der Waals surface area contributed by atoms with E-state index >= 15 is 0 Å². The van der Waals surface area contributed by atoms with Crippen molar-refractivity contribution in [1.82, 2.24) is 10.2 Å². The number of carbonyl (C=O) groups excluding carboxylic acids is 2. The van der Waals surface area contributed by atoms with Gasteiger partial charge in [0, 0.05) is 13.1 Å². The summed E-state index contributed by atoms with van der Waals surface area (Å²) < 4.78 is 40.4. The zero-order valence-electron chi connectivity index (χ0n) is 14.2. The zero-order chi connectivity index (χ0) is 18.7. The van der Waals surface area contributed by atoms with Crippen LogP contribution in [0.2, 0.25) is 0 Å². The van der Waals surface area contributed by atoms with Gasteiger partial charge in [0.05, 0.1) is 18.2 Å². The maximum atomic E-state index is 12.0. The monoisotopic (exact) mass is 358 g/mol. The third kappa shape index (κ3) is 4.94. The highest BCUT2D eigenvalue weighted by molar-refractivity contribution is 5.92. The summed E-state index contributed by atoms with van der Waals surface area (Å²) in [5, 5.41) is 3.20. The molecule has 8 heteroatoms. The molecule has 25 heavy (non-hydrogen) atoms. The summed E-state index contributed by atoms with van der Waals surface area (Å²) in [7, 11) is 1.34. The summed E-state index contributed by atoms with van der Waals surface area (Å²) in [6.45, 7) is 3.08. The van der Waals surface area contributed by atoms with E-state index in [1.807, 2.05) is 0 Å². The molecule has 1 aliphatic carbocycles. The fourth-order valence-electron chi connectivity index (χ4n) is 2.62. The van der Waals surface area contributed by atoms with Crippen LogP contribution < -0.4 is 5.32 Å². The van der Waals surface area contributed by atoms with Crippen LogP contribution in [0, 0.1) is 6.92 Å². The molecule has 1 amide bonds. The zero-order valence-corrected chi connectivity index (χ0v) is 14.2. The Morgan fingerprint density at radius 3 is 2.52 bits per heavy atom. The highest BCUT2D eigenvalue weighted by Crippen LogP contribution is 2.38. The summed E-state index contributed by atoms with van der Waals surface area (Å²) in [6, 6.07) is 5.22. The van der Waals surface area contributed by atoms with Crippen molar-refractivity contribution >= 4 is 11.9 Å². The molecular formula is C17H21F3N2O3. The predicted octanol–water partition coefficient (Wildman–Crippen LogP) is 2.14. The molecule has 2 fully saturated rings. The van der Waals surface area contributed by atoms with Crippen molar-refractivity contribution in [2.75, 3.05) is 26.7 Å². The molecule has 0 unspecified atom stereocenters. The number of rotatable bonds is 2. The number of esters is 1. The Balaban J connectivity index is 0.000000186. The van der Waals surface area contributed by atoms with Crippen molar-refractivity contribution < 1.29 is 27.5 Å². The predicted molar refractivity (Wildman–Crippen MR) is 84.7 cm³/mol. The van der Waals surface area contributed by atoms with E-state index in [4.69, 9.17) is 0 Å². The van der Waals surface area contributed by atoms with Crippen molar-refractivity contribution in [3.8, 4) is 0 Å². The van der Waals surface area contributed by atoms with E-state index in [2.05, 4.69) is 10.1 Å². The summed E-state index contributed by atoms with van der Waals surface area (Å²) >= 11 is 0. The second-order valence-electron chi connectivity index (χ2n) is 6.18. The van der Waals surface area contributed by atoms with E-state index in [0.717, 1.165) is 31.5 Å². The van der Waals surface area contributed by atoms with E-state index in [-0.39, 0.29) is 24.0 Å². The molecule has 1 aliphatic heterocycles. The van der Waals surface area contributed by atoms with Gasteiger partial charge in [-0.1, -0.05) is 23.8 Å². The van der Waals surface area contributed by atoms with Gasteiger partial charge in [0.2, 0.25) is 5.91 Å². The van der Waals surface area contributed by atoms with Crippen LogP contribution in [0.3, 0.4) is 0 Å². The van der Waals surface area contributed by atoms with Gasteiger partial charge in [-0.15, -0.1) is 0 Å². The average Bonchev–Trinajstić information content (AvgIpc) is 3.32. The maximum Gasteiger partial charge on any atom is 0.416 e. The number of benzene rings is 1. The molecule has 5 nitrogen and oxygen atoms in total. The van der Waals surface area contributed by atoms with E-state index in [0.29, 0.717) is 12.1 Å². The molecule has 0 atom stereocenters. The third-order valence-corrected chi connectivity index (χ3v) is 4.18. The molecule has 1 heterocycles. The Kier molecular flexibility index (Phi) is 5.72. The van der Waals surface area contributed by atoms with Gasteiger partial charge >= 0.3 is 12.1 Å². The van der Waals surface area contributed by atoms with Gasteiger partial charge in [0.25, 0.3) is 0 Å². The fraction of sp³-hybridized carbons (Fsp3) is 0.529. The van der Waals surface area contributed by atoms with Gasteiger partial charge in [0.1, 0.15) is 6.54 Å². The van der Waals surface area contributed by atoms with Crippen molar-refractivity contribution in [3.05, 3.63) is 35.4 Å². The second kappa shape index (κ2) is 7.43. The van der Waals surface area contributed by atoms with Gasteiger partial charge in [-0.05, 0) is 25.8 Å². The van der Waals surface area contributed by atoms with Gasteiger partial charge in [-0.3, -0.25) is 9.59 Å². The lowest BCUT2D eigenvalue weighted by molar-refractivity contribution is -0.149. The first-order chi connectivity index (χ1) is 11.7. The first kappa shape index (κ1) is 19.2. The van der Waals surface area contributed by atoms with Crippen LogP contribution in [0.5, 0.6) is 0 Å². The van der Waals surface area contributed by atoms with E-state index < -0.39 is 11.7 Å². The Labute approximate surface area is 144 Å². The number of methoxy groups -OCH3 is 1. The minimum Gasteiger partial charge on any atom is -0.468 e. The molecule has 3 rings (SSSR count). The molecule has 1 spiro atoms. The minimum absolute atomic E-state index is 0.0501. The molecule has 2 aliphatic rings. The number of nitrogens with zero attached hydrogens (tertiary/aromatic N) is 1. The van der Waals surface area contributed by atoms with Crippen LogP contribution in [0.1, 0.15) is 24.0 Å². The van der Waals surface area contributed by atoms with E-state index in [1.165, 1.54) is 13.2 Å². The molecular weight excluding hydrogens is 337 g/mol. The first-order valence-electron chi connectivity index (χ1n) is 7.93. The molecule has 1 saturated carbocycles. The standard InChI is InChI=1S/C9H14N2O3.C8H7F3/c1-14-7(12)6-11-5-4-10-9(2-3-9)8(11)13;1-6-3-2-4-7(5-6)8(9,10)11/h10H,2-6H2,1H3;2-5H,1H3. The van der Waals surface area contributed by atoms with Crippen molar-refractivity contribution in [2.24, 2.45) is 0 Å². The smallest absolute Gasteiger partial charge is 0.416 e. The number of piperazine rings is 1. The van der Waals surface area contributed by atoms with Crippen molar-refractivity contribution in [2.45, 2.75) is 31.5 Å². The highest BCUT2D eigenvalue weighted by atomic mass is 19.4. The Hall–Kier alpha value is -2.09. The number of nitrogens with one attached hydrogen (secondary N) is 1. The highest BCUT2D eigenvalue weighted by Gasteiger charge is 2.53. The van der Waals surface area contributed by atoms with Crippen molar-refractivity contribution in [1.29, 1.82) is 0 Å². The largest absolute Gasteiger partial charge is 0.468 e. The van der Waals surface area contributed by atoms with Gasteiger partial charge in [-0.2, -0.15) is 13.2 Å². The SMILES string of the molecule is COC(=O)CN1CCNC2(CC2)C1=O.Cc1cccc(C(F)(F)F)c1. The number of amides is 1. The van der Waals surface area contributed by atoms with Gasteiger partial charge in [-0.25, -0.2) is 0 Å². The molecule has 138 valence electrons. The Morgan fingerprint density at radius 1 is 1.36 bits per heavy atom. The summed E-state index contributed by atoms with van der Waals surface area (Å²) in [4.78, 5) is 24.4. The maximum absolute atomic E-state index is 12.0. The van der Waals surface area contributed by atoms with Crippen LogP contribution in [-0.2, 0) is 20.5 Å². The molecule has 0 aromatic heterocycles. The lowest BCUT2D eigenvalue weighted by atomic mass is 10.1. The number of ether oxygens (including phenoxy) is 1. The van der Waals surface area contributed by atoms with Crippen molar-refractivity contribution in [3.63, 3.8) is 0 Å². The van der Waals surface area contributed by atoms with Crippen LogP contribution >= 0.6 is 0 Å². The lowest BCUT2D eigenvalue weighted by Crippen LogP contribution is -2.57. The summed E-state index contributed by atoms with van der Waals surface area (Å²) in [5.74, 6) is -0.301. The fourth-order valence-corrected chi connectivity index (χ4v) is 2.62. The first-order valence-corrected chi connectivity index (χ1v) is 7.93. The number of carbonyl (C=O) groups is 2. The average molecular weight is 358 g/mol. The normalized spacial score (nSPS) is 18.4. The van der Waals surface area contributed by atoms with Gasteiger partial charge in [0.15, 0.2) is 0 Å². The molecule has 0 radical (unpaired) electrons. The third-order valence-electron chi connectivity index (χ3n) is 4.18. The number of alkyl halides is 3. The molecule has 1 N–H and O–H groups in total. The van der Waals surface area contributed by atoms with Crippen LogP contribution in [0.15, 0.2) is 24.3 Å². The molecule has 1 saturated heterocycles. The number of aryl methyl sites for hydroxylation is 1. The van der Waals surface area contributed by atoms with E-state index in [9.17, 15) is 22.8 Å². The quantitative estimate of drug-likeness (QED) is 0.823. The topological polar surface area (TPSA) is 58.6 Å². The Morgan fingerprint density at radius 2 is 2.04 bits per heavy atom. The van der Waals surface area contributed by atoms with Crippen LogP contribution in [-0.4, -0.2) is 49.1 Å². The second-order valence-corrected chi connectivity index (χ2v) is 6.18. The number of hydrogen-bond acceptors (Lipinski definition) is 4. The minimum atomic E-state index is -4.22. The summed E-state index contributed by atoms with van der Waals surface area (Å²) in [5.41, 5.74) is -0.288. The molecule has 1 aromatic rings.